The summed E-state index contributed by atoms with van der Waals surface area (Å²) >= 11 is 0. The van der Waals surface area contributed by atoms with Gasteiger partial charge in [0.25, 0.3) is 0 Å². The number of hydrogen-bond acceptors (Lipinski definition) is 2. The van der Waals surface area contributed by atoms with Crippen molar-refractivity contribution in [1.29, 1.82) is 0 Å². The lowest BCUT2D eigenvalue weighted by molar-refractivity contribution is 0.340. The SMILES string of the molecule is CCOc1cccc(CCC(N)c2cc(C)ccc2C)c1. The fourth-order valence-electron chi connectivity index (χ4n) is 2.59. The standard InChI is InChI=1S/C19H25NO/c1-4-21-17-7-5-6-16(13-17)10-11-19(20)18-12-14(2)8-9-15(18)3/h5-9,12-13,19H,4,10-11,20H2,1-3H3. The molecule has 0 aliphatic heterocycles. The van der Waals surface area contributed by atoms with Crippen molar-refractivity contribution in [2.75, 3.05) is 6.61 Å². The fourth-order valence-corrected chi connectivity index (χ4v) is 2.59. The van der Waals surface area contributed by atoms with Crippen LogP contribution in [0, 0.1) is 13.8 Å². The predicted molar refractivity (Wildman–Crippen MR) is 88.8 cm³/mol. The van der Waals surface area contributed by atoms with Crippen LogP contribution in [0.15, 0.2) is 42.5 Å². The molecule has 0 aliphatic rings. The van der Waals surface area contributed by atoms with Crippen molar-refractivity contribution in [2.45, 2.75) is 39.7 Å². The van der Waals surface area contributed by atoms with Gasteiger partial charge in [-0.2, -0.15) is 0 Å². The van der Waals surface area contributed by atoms with Crippen LogP contribution in [-0.4, -0.2) is 6.61 Å². The summed E-state index contributed by atoms with van der Waals surface area (Å²) in [5.74, 6) is 0.940. The summed E-state index contributed by atoms with van der Waals surface area (Å²) in [5.41, 5.74) is 11.5. The molecule has 2 aromatic carbocycles. The van der Waals surface area contributed by atoms with Crippen molar-refractivity contribution in [3.05, 3.63) is 64.7 Å². The highest BCUT2D eigenvalue weighted by Crippen LogP contribution is 2.22. The van der Waals surface area contributed by atoms with Crippen LogP contribution in [0.1, 0.15) is 41.6 Å². The highest BCUT2D eigenvalue weighted by molar-refractivity contribution is 5.33. The van der Waals surface area contributed by atoms with Crippen LogP contribution in [0.25, 0.3) is 0 Å². The van der Waals surface area contributed by atoms with Gasteiger partial charge in [-0.05, 0) is 62.4 Å². The topological polar surface area (TPSA) is 35.2 Å². The highest BCUT2D eigenvalue weighted by atomic mass is 16.5. The molecule has 0 fully saturated rings. The summed E-state index contributed by atoms with van der Waals surface area (Å²) in [6, 6.07) is 14.9. The summed E-state index contributed by atoms with van der Waals surface area (Å²) in [6.07, 6.45) is 1.91. The van der Waals surface area contributed by atoms with Crippen molar-refractivity contribution < 1.29 is 4.74 Å². The first-order valence-corrected chi connectivity index (χ1v) is 7.64. The Bertz CT molecular complexity index is 592. The van der Waals surface area contributed by atoms with Gasteiger partial charge in [-0.15, -0.1) is 0 Å². The summed E-state index contributed by atoms with van der Waals surface area (Å²) in [4.78, 5) is 0. The van der Waals surface area contributed by atoms with E-state index in [0.29, 0.717) is 6.61 Å². The molecule has 0 saturated heterocycles. The molecule has 1 unspecified atom stereocenters. The van der Waals surface area contributed by atoms with Crippen LogP contribution < -0.4 is 10.5 Å². The van der Waals surface area contributed by atoms with E-state index in [2.05, 4.69) is 44.2 Å². The zero-order chi connectivity index (χ0) is 15.2. The Morgan fingerprint density at radius 3 is 2.67 bits per heavy atom. The Morgan fingerprint density at radius 2 is 1.90 bits per heavy atom. The summed E-state index contributed by atoms with van der Waals surface area (Å²) in [7, 11) is 0. The van der Waals surface area contributed by atoms with Gasteiger partial charge < -0.3 is 10.5 Å². The lowest BCUT2D eigenvalue weighted by Gasteiger charge is -2.16. The molecule has 0 amide bonds. The molecule has 0 aromatic heterocycles. The molecule has 2 rings (SSSR count). The van der Waals surface area contributed by atoms with E-state index < -0.39 is 0 Å². The molecule has 2 aromatic rings. The Hall–Kier alpha value is -1.80. The van der Waals surface area contributed by atoms with E-state index in [4.69, 9.17) is 10.5 Å². The normalized spacial score (nSPS) is 12.2. The third-order valence-electron chi connectivity index (χ3n) is 3.79. The van der Waals surface area contributed by atoms with Gasteiger partial charge in [-0.3, -0.25) is 0 Å². The Morgan fingerprint density at radius 1 is 1.10 bits per heavy atom. The van der Waals surface area contributed by atoms with Gasteiger partial charge in [-0.1, -0.05) is 35.9 Å². The molecule has 0 bridgehead atoms. The number of benzene rings is 2. The van der Waals surface area contributed by atoms with Crippen LogP contribution >= 0.6 is 0 Å². The van der Waals surface area contributed by atoms with Gasteiger partial charge in [0.1, 0.15) is 5.75 Å². The van der Waals surface area contributed by atoms with E-state index in [9.17, 15) is 0 Å². The van der Waals surface area contributed by atoms with E-state index in [1.807, 2.05) is 19.1 Å². The number of rotatable bonds is 6. The molecular weight excluding hydrogens is 258 g/mol. The maximum Gasteiger partial charge on any atom is 0.119 e. The quantitative estimate of drug-likeness (QED) is 0.856. The molecule has 2 nitrogen and oxygen atoms in total. The first kappa shape index (κ1) is 15.6. The Balaban J connectivity index is 2.02. The number of nitrogens with two attached hydrogens (primary N) is 1. The smallest absolute Gasteiger partial charge is 0.119 e. The average Bonchev–Trinajstić information content (AvgIpc) is 2.48. The molecule has 0 heterocycles. The van der Waals surface area contributed by atoms with E-state index in [1.165, 1.54) is 22.3 Å². The van der Waals surface area contributed by atoms with Gasteiger partial charge >= 0.3 is 0 Å². The first-order valence-electron chi connectivity index (χ1n) is 7.64. The molecule has 2 N–H and O–H groups in total. The minimum absolute atomic E-state index is 0.0839. The van der Waals surface area contributed by atoms with Gasteiger partial charge in [0.05, 0.1) is 6.61 Å². The number of hydrogen-bond donors (Lipinski definition) is 1. The van der Waals surface area contributed by atoms with Crippen molar-refractivity contribution in [3.63, 3.8) is 0 Å². The Labute approximate surface area is 127 Å². The lowest BCUT2D eigenvalue weighted by atomic mass is 9.95. The number of aryl methyl sites for hydroxylation is 3. The Kier molecular flexibility index (Phi) is 5.40. The second-order valence-corrected chi connectivity index (χ2v) is 5.59. The molecule has 0 aliphatic carbocycles. The molecule has 0 saturated carbocycles. The monoisotopic (exact) mass is 283 g/mol. The van der Waals surface area contributed by atoms with E-state index in [0.717, 1.165) is 18.6 Å². The zero-order valence-corrected chi connectivity index (χ0v) is 13.2. The van der Waals surface area contributed by atoms with Crippen LogP contribution in [0.5, 0.6) is 5.75 Å². The summed E-state index contributed by atoms with van der Waals surface area (Å²) < 4.78 is 5.54. The molecule has 21 heavy (non-hydrogen) atoms. The van der Waals surface area contributed by atoms with Crippen molar-refractivity contribution in [3.8, 4) is 5.75 Å². The van der Waals surface area contributed by atoms with Crippen molar-refractivity contribution in [2.24, 2.45) is 5.73 Å². The second-order valence-electron chi connectivity index (χ2n) is 5.59. The maximum atomic E-state index is 6.38. The fraction of sp³-hybridized carbons (Fsp3) is 0.368. The third-order valence-corrected chi connectivity index (χ3v) is 3.79. The van der Waals surface area contributed by atoms with E-state index in [-0.39, 0.29) is 6.04 Å². The summed E-state index contributed by atoms with van der Waals surface area (Å²) in [6.45, 7) is 6.94. The highest BCUT2D eigenvalue weighted by Gasteiger charge is 2.09. The van der Waals surface area contributed by atoms with Gasteiger partial charge in [0.2, 0.25) is 0 Å². The van der Waals surface area contributed by atoms with Crippen LogP contribution in [0.3, 0.4) is 0 Å². The third kappa shape index (κ3) is 4.33. The van der Waals surface area contributed by atoms with Crippen LogP contribution in [0.2, 0.25) is 0 Å². The first-order chi connectivity index (χ1) is 10.1. The predicted octanol–water partition coefficient (Wildman–Crippen LogP) is 4.33. The molecule has 0 spiro atoms. The minimum Gasteiger partial charge on any atom is -0.494 e. The molecule has 112 valence electrons. The average molecular weight is 283 g/mol. The second kappa shape index (κ2) is 7.28. The summed E-state index contributed by atoms with van der Waals surface area (Å²) in [5, 5.41) is 0. The molecule has 2 heteroatoms. The van der Waals surface area contributed by atoms with E-state index >= 15 is 0 Å². The lowest BCUT2D eigenvalue weighted by Crippen LogP contribution is -2.13. The minimum atomic E-state index is 0.0839. The zero-order valence-electron chi connectivity index (χ0n) is 13.2. The largest absolute Gasteiger partial charge is 0.494 e. The molecular formula is C19H25NO. The molecule has 0 radical (unpaired) electrons. The van der Waals surface area contributed by atoms with Crippen LogP contribution in [0.4, 0.5) is 0 Å². The number of ether oxygens (including phenoxy) is 1. The molecule has 1 atom stereocenters. The van der Waals surface area contributed by atoms with Crippen LogP contribution in [-0.2, 0) is 6.42 Å². The van der Waals surface area contributed by atoms with Gasteiger partial charge in [-0.25, -0.2) is 0 Å². The van der Waals surface area contributed by atoms with Gasteiger partial charge in [0.15, 0.2) is 0 Å². The van der Waals surface area contributed by atoms with Gasteiger partial charge in [0, 0.05) is 6.04 Å². The van der Waals surface area contributed by atoms with E-state index in [1.54, 1.807) is 0 Å². The van der Waals surface area contributed by atoms with Crippen molar-refractivity contribution in [1.82, 2.24) is 0 Å². The van der Waals surface area contributed by atoms with Crippen molar-refractivity contribution >= 4 is 0 Å². The maximum absolute atomic E-state index is 6.38.